The number of halogens is 4. The Morgan fingerprint density at radius 2 is 1.83 bits per heavy atom. The first-order valence-electron chi connectivity index (χ1n) is 5.21. The second-order valence-corrected chi connectivity index (χ2v) is 3.76. The number of ether oxygens (including phenoxy) is 1. The number of carbonyl (C=O) groups excluding carboxylic acids is 1. The van der Waals surface area contributed by atoms with Gasteiger partial charge in [0, 0.05) is 6.42 Å². The lowest BCUT2D eigenvalue weighted by Gasteiger charge is -2.14. The first kappa shape index (κ1) is 14.6. The van der Waals surface area contributed by atoms with E-state index in [4.69, 9.17) is 0 Å². The molecule has 0 N–H and O–H groups in total. The highest BCUT2D eigenvalue weighted by atomic mass is 19.3. The molecule has 18 heavy (non-hydrogen) atoms. The summed E-state index contributed by atoms with van der Waals surface area (Å²) in [5, 5.41) is 0. The van der Waals surface area contributed by atoms with E-state index in [2.05, 4.69) is 4.74 Å². The standard InChI is InChI=1S/C12H12F4O2/c13-11(14)12(15,16)8-18-7-10(17)6-9-4-2-1-3-5-9/h1-5,11H,6-8H2. The summed E-state index contributed by atoms with van der Waals surface area (Å²) in [6, 6.07) is 8.63. The van der Waals surface area contributed by atoms with Crippen LogP contribution in [0, 0.1) is 0 Å². The molecule has 2 nitrogen and oxygen atoms in total. The third-order valence-corrected chi connectivity index (χ3v) is 2.12. The first-order valence-corrected chi connectivity index (χ1v) is 5.21. The summed E-state index contributed by atoms with van der Waals surface area (Å²) in [4.78, 5) is 11.3. The van der Waals surface area contributed by atoms with Crippen LogP contribution in [0.5, 0.6) is 0 Å². The van der Waals surface area contributed by atoms with Crippen LogP contribution in [0.3, 0.4) is 0 Å². The van der Waals surface area contributed by atoms with Crippen molar-refractivity contribution in [3.05, 3.63) is 35.9 Å². The van der Waals surface area contributed by atoms with Gasteiger partial charge in [-0.25, -0.2) is 8.78 Å². The van der Waals surface area contributed by atoms with E-state index >= 15 is 0 Å². The zero-order valence-electron chi connectivity index (χ0n) is 9.41. The Labute approximate surface area is 102 Å². The minimum absolute atomic E-state index is 0.0289. The lowest BCUT2D eigenvalue weighted by molar-refractivity contribution is -0.168. The van der Waals surface area contributed by atoms with E-state index < -0.39 is 31.3 Å². The summed E-state index contributed by atoms with van der Waals surface area (Å²) in [5.41, 5.74) is 0.715. The quantitative estimate of drug-likeness (QED) is 0.708. The molecular weight excluding hydrogens is 252 g/mol. The van der Waals surface area contributed by atoms with E-state index in [1.54, 1.807) is 30.3 Å². The molecule has 0 aliphatic heterocycles. The molecule has 1 aromatic rings. The number of rotatable bonds is 7. The maximum absolute atomic E-state index is 12.4. The largest absolute Gasteiger partial charge is 0.367 e. The number of Topliss-reactive ketones (excluding diaryl/α,β-unsaturated/α-hetero) is 1. The van der Waals surface area contributed by atoms with Crippen LogP contribution in [0.25, 0.3) is 0 Å². The number of alkyl halides is 4. The minimum atomic E-state index is -4.22. The van der Waals surface area contributed by atoms with Crippen molar-refractivity contribution < 1.29 is 27.1 Å². The van der Waals surface area contributed by atoms with Crippen LogP contribution in [0.1, 0.15) is 5.56 Å². The first-order chi connectivity index (χ1) is 8.42. The summed E-state index contributed by atoms with van der Waals surface area (Å²) in [6.45, 7) is -2.05. The van der Waals surface area contributed by atoms with Gasteiger partial charge in [0.1, 0.15) is 13.2 Å². The van der Waals surface area contributed by atoms with Crippen molar-refractivity contribution in [2.24, 2.45) is 0 Å². The molecule has 1 rings (SSSR count). The summed E-state index contributed by atoms with van der Waals surface area (Å²) in [6.07, 6.45) is -3.76. The summed E-state index contributed by atoms with van der Waals surface area (Å²) in [7, 11) is 0. The Balaban J connectivity index is 2.30. The van der Waals surface area contributed by atoms with Gasteiger partial charge in [0.25, 0.3) is 0 Å². The number of benzene rings is 1. The Bertz CT molecular complexity index is 379. The molecular formula is C12H12F4O2. The fourth-order valence-electron chi connectivity index (χ4n) is 1.24. The van der Waals surface area contributed by atoms with Crippen LogP contribution < -0.4 is 0 Å². The van der Waals surface area contributed by atoms with Crippen molar-refractivity contribution in [2.45, 2.75) is 18.8 Å². The van der Waals surface area contributed by atoms with Crippen molar-refractivity contribution in [1.82, 2.24) is 0 Å². The Hall–Kier alpha value is -1.43. The van der Waals surface area contributed by atoms with Crippen molar-refractivity contribution in [3.63, 3.8) is 0 Å². The Morgan fingerprint density at radius 3 is 2.39 bits per heavy atom. The predicted molar refractivity (Wildman–Crippen MR) is 56.9 cm³/mol. The predicted octanol–water partition coefficient (Wildman–Crippen LogP) is 2.72. The molecule has 0 fully saturated rings. The van der Waals surface area contributed by atoms with Gasteiger partial charge in [0.05, 0.1) is 0 Å². The fraction of sp³-hybridized carbons (Fsp3) is 0.417. The number of ketones is 1. The average Bonchev–Trinajstić information content (AvgIpc) is 2.29. The zero-order chi connectivity index (χ0) is 13.6. The van der Waals surface area contributed by atoms with E-state index in [0.717, 1.165) is 0 Å². The van der Waals surface area contributed by atoms with Gasteiger partial charge in [-0.15, -0.1) is 0 Å². The minimum Gasteiger partial charge on any atom is -0.367 e. The van der Waals surface area contributed by atoms with Gasteiger partial charge in [-0.1, -0.05) is 30.3 Å². The molecule has 0 atom stereocenters. The molecule has 0 amide bonds. The Kier molecular flexibility index (Phi) is 5.27. The molecule has 0 saturated carbocycles. The van der Waals surface area contributed by atoms with Crippen molar-refractivity contribution in [2.75, 3.05) is 13.2 Å². The average molecular weight is 264 g/mol. The lowest BCUT2D eigenvalue weighted by Crippen LogP contribution is -2.33. The molecule has 0 aliphatic carbocycles. The molecule has 0 aliphatic rings. The van der Waals surface area contributed by atoms with Crippen LogP contribution in [0.2, 0.25) is 0 Å². The maximum Gasteiger partial charge on any atom is 0.330 e. The number of carbonyl (C=O) groups is 1. The van der Waals surface area contributed by atoms with Gasteiger partial charge < -0.3 is 4.74 Å². The summed E-state index contributed by atoms with van der Waals surface area (Å²) >= 11 is 0. The molecule has 0 spiro atoms. The molecule has 0 aromatic heterocycles. The molecule has 0 saturated heterocycles. The molecule has 100 valence electrons. The topological polar surface area (TPSA) is 26.3 Å². The number of hydrogen-bond donors (Lipinski definition) is 0. The summed E-state index contributed by atoms with van der Waals surface area (Å²) < 4.78 is 52.7. The molecule has 0 bridgehead atoms. The highest BCUT2D eigenvalue weighted by Gasteiger charge is 2.41. The highest BCUT2D eigenvalue weighted by Crippen LogP contribution is 2.22. The molecule has 0 heterocycles. The van der Waals surface area contributed by atoms with Gasteiger partial charge in [-0.05, 0) is 5.56 Å². The van der Waals surface area contributed by atoms with Gasteiger partial charge >= 0.3 is 12.3 Å². The maximum atomic E-state index is 12.4. The van der Waals surface area contributed by atoms with Crippen LogP contribution >= 0.6 is 0 Å². The molecule has 0 unspecified atom stereocenters. The van der Waals surface area contributed by atoms with Crippen LogP contribution in [0.4, 0.5) is 17.6 Å². The van der Waals surface area contributed by atoms with E-state index in [-0.39, 0.29) is 6.42 Å². The third kappa shape index (κ3) is 4.83. The second-order valence-electron chi connectivity index (χ2n) is 3.76. The van der Waals surface area contributed by atoms with Gasteiger partial charge in [-0.3, -0.25) is 4.79 Å². The molecule has 6 heteroatoms. The number of hydrogen-bond acceptors (Lipinski definition) is 2. The highest BCUT2D eigenvalue weighted by molar-refractivity contribution is 5.82. The lowest BCUT2D eigenvalue weighted by atomic mass is 10.1. The van der Waals surface area contributed by atoms with Crippen molar-refractivity contribution in [3.8, 4) is 0 Å². The zero-order valence-corrected chi connectivity index (χ0v) is 9.41. The van der Waals surface area contributed by atoms with Crippen molar-refractivity contribution >= 4 is 5.78 Å². The summed E-state index contributed by atoms with van der Waals surface area (Å²) in [5.74, 6) is -4.65. The Morgan fingerprint density at radius 1 is 1.22 bits per heavy atom. The van der Waals surface area contributed by atoms with E-state index in [0.29, 0.717) is 5.56 Å². The van der Waals surface area contributed by atoms with Crippen LogP contribution in [0.15, 0.2) is 30.3 Å². The molecule has 1 aromatic carbocycles. The monoisotopic (exact) mass is 264 g/mol. The third-order valence-electron chi connectivity index (χ3n) is 2.12. The van der Waals surface area contributed by atoms with E-state index in [1.165, 1.54) is 0 Å². The second kappa shape index (κ2) is 6.49. The van der Waals surface area contributed by atoms with Gasteiger partial charge in [0.2, 0.25) is 0 Å². The van der Waals surface area contributed by atoms with Crippen molar-refractivity contribution in [1.29, 1.82) is 0 Å². The smallest absolute Gasteiger partial charge is 0.330 e. The van der Waals surface area contributed by atoms with E-state index in [9.17, 15) is 22.4 Å². The van der Waals surface area contributed by atoms with Gasteiger partial charge in [-0.2, -0.15) is 8.78 Å². The fourth-order valence-corrected chi connectivity index (χ4v) is 1.24. The van der Waals surface area contributed by atoms with Crippen LogP contribution in [-0.4, -0.2) is 31.3 Å². The van der Waals surface area contributed by atoms with E-state index in [1.807, 2.05) is 0 Å². The molecule has 0 radical (unpaired) electrons. The SMILES string of the molecule is O=C(COCC(F)(F)C(F)F)Cc1ccccc1. The van der Waals surface area contributed by atoms with Gasteiger partial charge in [0.15, 0.2) is 5.78 Å². The van der Waals surface area contributed by atoms with Crippen LogP contribution in [-0.2, 0) is 16.0 Å². The normalized spacial score (nSPS) is 11.8.